The average Bonchev–Trinajstić information content (AvgIpc) is 2.99. The zero-order valence-electron chi connectivity index (χ0n) is 11.0. The van der Waals surface area contributed by atoms with E-state index in [1.54, 1.807) is 11.0 Å². The molecule has 0 N–H and O–H groups in total. The first-order valence-electron chi connectivity index (χ1n) is 6.41. The highest BCUT2D eigenvalue weighted by molar-refractivity contribution is 7.89. The molecule has 1 aliphatic heterocycles. The van der Waals surface area contributed by atoms with Crippen molar-refractivity contribution in [3.8, 4) is 0 Å². The number of halogens is 1. The molecule has 1 amide bonds. The molecule has 0 aliphatic carbocycles. The Labute approximate surface area is 128 Å². The first-order chi connectivity index (χ1) is 9.54. The monoisotopic (exact) mass is 336 g/mol. The lowest BCUT2D eigenvalue weighted by Gasteiger charge is -2.33. The topological polar surface area (TPSA) is 57.7 Å². The van der Waals surface area contributed by atoms with Gasteiger partial charge in [0.1, 0.15) is 0 Å². The van der Waals surface area contributed by atoms with Crippen LogP contribution in [0.1, 0.15) is 16.1 Å². The molecule has 1 aliphatic rings. The lowest BCUT2D eigenvalue weighted by molar-refractivity contribution is 0.0703. The third-order valence-corrected chi connectivity index (χ3v) is 6.27. The SMILES string of the molecule is O=C(c1cccs1)N1CCN(S(=O)(=O)CCCCl)CC1. The van der Waals surface area contributed by atoms with E-state index in [2.05, 4.69) is 0 Å². The largest absolute Gasteiger partial charge is 0.335 e. The van der Waals surface area contributed by atoms with Crippen LogP contribution in [0.15, 0.2) is 17.5 Å². The maximum atomic E-state index is 12.1. The van der Waals surface area contributed by atoms with E-state index < -0.39 is 10.0 Å². The van der Waals surface area contributed by atoms with Crippen molar-refractivity contribution >= 4 is 38.9 Å². The Morgan fingerprint density at radius 3 is 2.55 bits per heavy atom. The Morgan fingerprint density at radius 2 is 2.00 bits per heavy atom. The molecule has 2 rings (SSSR count). The Morgan fingerprint density at radius 1 is 1.30 bits per heavy atom. The third-order valence-electron chi connectivity index (χ3n) is 3.19. The number of nitrogens with zero attached hydrogens (tertiary/aromatic N) is 2. The Balaban J connectivity index is 1.91. The van der Waals surface area contributed by atoms with Crippen molar-refractivity contribution < 1.29 is 13.2 Å². The molecular weight excluding hydrogens is 320 g/mol. The predicted octanol–water partition coefficient (Wildman–Crippen LogP) is 1.46. The number of piperazine rings is 1. The van der Waals surface area contributed by atoms with Crippen LogP contribution in [0.3, 0.4) is 0 Å². The molecule has 20 heavy (non-hydrogen) atoms. The van der Waals surface area contributed by atoms with Gasteiger partial charge in [0.2, 0.25) is 10.0 Å². The zero-order valence-corrected chi connectivity index (χ0v) is 13.4. The van der Waals surface area contributed by atoms with Gasteiger partial charge in [-0.3, -0.25) is 4.79 Å². The number of rotatable bonds is 5. The molecule has 0 saturated carbocycles. The first kappa shape index (κ1) is 15.8. The van der Waals surface area contributed by atoms with E-state index in [1.165, 1.54) is 15.6 Å². The van der Waals surface area contributed by atoms with Gasteiger partial charge in [0, 0.05) is 32.1 Å². The molecule has 0 radical (unpaired) electrons. The van der Waals surface area contributed by atoms with E-state index >= 15 is 0 Å². The van der Waals surface area contributed by atoms with E-state index in [4.69, 9.17) is 11.6 Å². The smallest absolute Gasteiger partial charge is 0.264 e. The van der Waals surface area contributed by atoms with Crippen molar-refractivity contribution in [2.75, 3.05) is 37.8 Å². The number of carbonyl (C=O) groups excluding carboxylic acids is 1. The van der Waals surface area contributed by atoms with Crippen molar-refractivity contribution in [1.82, 2.24) is 9.21 Å². The molecule has 0 atom stereocenters. The average molecular weight is 337 g/mol. The van der Waals surface area contributed by atoms with Gasteiger partial charge < -0.3 is 4.90 Å². The van der Waals surface area contributed by atoms with Crippen molar-refractivity contribution in [3.05, 3.63) is 22.4 Å². The summed E-state index contributed by atoms with van der Waals surface area (Å²) in [4.78, 5) is 14.5. The molecule has 5 nitrogen and oxygen atoms in total. The Hall–Kier alpha value is -0.630. The third kappa shape index (κ3) is 3.72. The zero-order chi connectivity index (χ0) is 14.6. The number of hydrogen-bond donors (Lipinski definition) is 0. The number of carbonyl (C=O) groups is 1. The Kier molecular flexibility index (Phi) is 5.42. The van der Waals surface area contributed by atoms with E-state index in [9.17, 15) is 13.2 Å². The fraction of sp³-hybridized carbons (Fsp3) is 0.583. The summed E-state index contributed by atoms with van der Waals surface area (Å²) in [6.45, 7) is 1.61. The van der Waals surface area contributed by atoms with E-state index in [0.29, 0.717) is 43.4 Å². The summed E-state index contributed by atoms with van der Waals surface area (Å²) in [6, 6.07) is 3.63. The minimum absolute atomic E-state index is 0.0159. The lowest BCUT2D eigenvalue weighted by atomic mass is 10.3. The van der Waals surface area contributed by atoms with Gasteiger partial charge in [-0.05, 0) is 17.9 Å². The van der Waals surface area contributed by atoms with Crippen molar-refractivity contribution in [3.63, 3.8) is 0 Å². The second-order valence-electron chi connectivity index (χ2n) is 4.53. The fourth-order valence-electron chi connectivity index (χ4n) is 2.09. The molecule has 1 aromatic rings. The van der Waals surface area contributed by atoms with E-state index in [0.717, 1.165) is 0 Å². The number of amides is 1. The van der Waals surface area contributed by atoms with Crippen LogP contribution in [0.4, 0.5) is 0 Å². The van der Waals surface area contributed by atoms with Crippen LogP contribution in [0.5, 0.6) is 0 Å². The van der Waals surface area contributed by atoms with Crippen LogP contribution in [-0.2, 0) is 10.0 Å². The van der Waals surface area contributed by atoms with Gasteiger partial charge in [-0.2, -0.15) is 4.31 Å². The standard InChI is InChI=1S/C12H17ClN2O3S2/c13-4-2-10-20(17,18)15-7-5-14(6-8-15)12(16)11-3-1-9-19-11/h1,3,9H,2,4-8,10H2. The molecule has 0 unspecified atom stereocenters. The van der Waals surface area contributed by atoms with Gasteiger partial charge in [-0.1, -0.05) is 6.07 Å². The molecule has 1 fully saturated rings. The van der Waals surface area contributed by atoms with E-state index in [-0.39, 0.29) is 11.7 Å². The van der Waals surface area contributed by atoms with Crippen molar-refractivity contribution in [2.45, 2.75) is 6.42 Å². The summed E-state index contributed by atoms with van der Waals surface area (Å²) in [6.07, 6.45) is 0.457. The van der Waals surface area contributed by atoms with Crippen LogP contribution in [0.25, 0.3) is 0 Å². The highest BCUT2D eigenvalue weighted by Gasteiger charge is 2.28. The molecule has 112 valence electrons. The lowest BCUT2D eigenvalue weighted by Crippen LogP contribution is -2.50. The van der Waals surface area contributed by atoms with Gasteiger partial charge in [-0.15, -0.1) is 22.9 Å². The highest BCUT2D eigenvalue weighted by Crippen LogP contribution is 2.15. The first-order valence-corrected chi connectivity index (χ1v) is 9.43. The van der Waals surface area contributed by atoms with Gasteiger partial charge in [0.05, 0.1) is 10.6 Å². The molecule has 0 aromatic carbocycles. The van der Waals surface area contributed by atoms with Crippen molar-refractivity contribution in [2.24, 2.45) is 0 Å². The summed E-state index contributed by atoms with van der Waals surface area (Å²) in [5, 5.41) is 1.86. The van der Waals surface area contributed by atoms with Crippen LogP contribution < -0.4 is 0 Å². The molecule has 1 saturated heterocycles. The van der Waals surface area contributed by atoms with Gasteiger partial charge >= 0.3 is 0 Å². The summed E-state index contributed by atoms with van der Waals surface area (Å²) in [5.74, 6) is 0.406. The fourth-order valence-corrected chi connectivity index (χ4v) is 4.56. The Bertz CT molecular complexity index is 537. The number of hydrogen-bond acceptors (Lipinski definition) is 4. The minimum Gasteiger partial charge on any atom is -0.335 e. The van der Waals surface area contributed by atoms with Crippen LogP contribution in [0, 0.1) is 0 Å². The van der Waals surface area contributed by atoms with E-state index in [1.807, 2.05) is 11.4 Å². The second kappa shape index (κ2) is 6.89. The molecular formula is C12H17ClN2O3S2. The predicted molar refractivity (Wildman–Crippen MR) is 80.9 cm³/mol. The summed E-state index contributed by atoms with van der Waals surface area (Å²) >= 11 is 6.94. The second-order valence-corrected chi connectivity index (χ2v) is 7.94. The number of alkyl halides is 1. The molecule has 1 aromatic heterocycles. The van der Waals surface area contributed by atoms with Crippen LogP contribution in [0.2, 0.25) is 0 Å². The summed E-state index contributed by atoms with van der Waals surface area (Å²) < 4.78 is 25.5. The quantitative estimate of drug-likeness (QED) is 0.765. The van der Waals surface area contributed by atoms with Gasteiger partial charge in [-0.25, -0.2) is 8.42 Å². The molecule has 0 spiro atoms. The molecule has 8 heteroatoms. The van der Waals surface area contributed by atoms with Crippen molar-refractivity contribution in [1.29, 1.82) is 0 Å². The van der Waals surface area contributed by atoms with Crippen LogP contribution >= 0.6 is 22.9 Å². The van der Waals surface area contributed by atoms with Crippen LogP contribution in [-0.4, -0.2) is 61.3 Å². The minimum atomic E-state index is -3.23. The summed E-state index contributed by atoms with van der Waals surface area (Å²) in [7, 11) is -3.23. The normalized spacial score (nSPS) is 17.4. The summed E-state index contributed by atoms with van der Waals surface area (Å²) in [5.41, 5.74) is 0. The maximum absolute atomic E-state index is 12.1. The van der Waals surface area contributed by atoms with Gasteiger partial charge in [0.25, 0.3) is 5.91 Å². The maximum Gasteiger partial charge on any atom is 0.264 e. The highest BCUT2D eigenvalue weighted by atomic mass is 35.5. The molecule has 2 heterocycles. The van der Waals surface area contributed by atoms with Gasteiger partial charge in [0.15, 0.2) is 0 Å². The molecule has 0 bridgehead atoms. The number of thiophene rings is 1. The number of sulfonamides is 1.